The minimum atomic E-state index is -0.317. The van der Waals surface area contributed by atoms with E-state index in [1.807, 2.05) is 24.5 Å². The molecule has 0 saturated carbocycles. The Morgan fingerprint density at radius 2 is 2.18 bits per heavy atom. The highest BCUT2D eigenvalue weighted by molar-refractivity contribution is 5.33. The molecule has 3 nitrogen and oxygen atoms in total. The lowest BCUT2D eigenvalue weighted by molar-refractivity contribution is 0.550. The molecule has 0 aliphatic carbocycles. The van der Waals surface area contributed by atoms with Gasteiger partial charge in [0.1, 0.15) is 0 Å². The van der Waals surface area contributed by atoms with Gasteiger partial charge < -0.3 is 4.57 Å². The molecule has 0 fully saturated rings. The standard InChI is InChI=1S/C8H8N2O/c1-2-8(9-7-11)10-5-3-4-6-10/h2-6,8H,1H2. The van der Waals surface area contributed by atoms with Crippen molar-refractivity contribution in [3.8, 4) is 0 Å². The third kappa shape index (κ3) is 1.66. The Labute approximate surface area is 64.7 Å². The SMILES string of the molecule is C=CC(N=C=O)n1cccc1. The molecule has 1 rings (SSSR count). The largest absolute Gasteiger partial charge is 0.328 e. The first-order chi connectivity index (χ1) is 5.38. The molecule has 0 N–H and O–H groups in total. The second kappa shape index (κ2) is 3.54. The van der Waals surface area contributed by atoms with Gasteiger partial charge in [-0.25, -0.2) is 4.79 Å². The van der Waals surface area contributed by atoms with E-state index in [2.05, 4.69) is 11.6 Å². The summed E-state index contributed by atoms with van der Waals surface area (Å²) < 4.78 is 1.76. The van der Waals surface area contributed by atoms with Gasteiger partial charge >= 0.3 is 0 Å². The second-order valence-electron chi connectivity index (χ2n) is 2.00. The highest BCUT2D eigenvalue weighted by atomic mass is 16.1. The van der Waals surface area contributed by atoms with Crippen molar-refractivity contribution in [2.45, 2.75) is 6.17 Å². The van der Waals surface area contributed by atoms with Gasteiger partial charge in [-0.1, -0.05) is 6.58 Å². The monoisotopic (exact) mass is 148 g/mol. The van der Waals surface area contributed by atoms with Crippen molar-refractivity contribution in [1.82, 2.24) is 4.57 Å². The fraction of sp³-hybridized carbons (Fsp3) is 0.125. The predicted octanol–water partition coefficient (Wildman–Crippen LogP) is 1.51. The Morgan fingerprint density at radius 1 is 1.55 bits per heavy atom. The third-order valence-corrected chi connectivity index (χ3v) is 1.33. The van der Waals surface area contributed by atoms with E-state index >= 15 is 0 Å². The molecule has 11 heavy (non-hydrogen) atoms. The van der Waals surface area contributed by atoms with Crippen LogP contribution in [0.25, 0.3) is 0 Å². The quantitative estimate of drug-likeness (QED) is 0.363. The van der Waals surface area contributed by atoms with E-state index in [-0.39, 0.29) is 6.17 Å². The minimum Gasteiger partial charge on any atom is -0.328 e. The maximum absolute atomic E-state index is 9.92. The summed E-state index contributed by atoms with van der Waals surface area (Å²) in [5, 5.41) is 0. The Morgan fingerprint density at radius 3 is 2.64 bits per heavy atom. The number of isocyanates is 1. The molecule has 0 aromatic carbocycles. The molecule has 56 valence electrons. The van der Waals surface area contributed by atoms with Crippen molar-refractivity contribution in [2.24, 2.45) is 4.99 Å². The molecule has 1 atom stereocenters. The van der Waals surface area contributed by atoms with Crippen LogP contribution in [0.3, 0.4) is 0 Å². The van der Waals surface area contributed by atoms with Gasteiger partial charge in [-0.2, -0.15) is 4.99 Å². The van der Waals surface area contributed by atoms with E-state index in [1.165, 1.54) is 6.08 Å². The molecule has 1 aromatic rings. The van der Waals surface area contributed by atoms with E-state index < -0.39 is 0 Å². The number of aliphatic imine (C=N–C) groups is 1. The Hall–Kier alpha value is -1.60. The molecule has 0 amide bonds. The van der Waals surface area contributed by atoms with E-state index in [0.717, 1.165) is 0 Å². The molecule has 0 aliphatic rings. The van der Waals surface area contributed by atoms with Crippen molar-refractivity contribution in [1.29, 1.82) is 0 Å². The van der Waals surface area contributed by atoms with Gasteiger partial charge in [0.15, 0.2) is 6.17 Å². The van der Waals surface area contributed by atoms with Gasteiger partial charge in [0.2, 0.25) is 6.08 Å². The van der Waals surface area contributed by atoms with Gasteiger partial charge in [0.25, 0.3) is 0 Å². The molecule has 3 heteroatoms. The molecule has 0 radical (unpaired) electrons. The summed E-state index contributed by atoms with van der Waals surface area (Å²) in [4.78, 5) is 13.4. The van der Waals surface area contributed by atoms with Crippen LogP contribution in [0.15, 0.2) is 42.2 Å². The Kier molecular flexibility index (Phi) is 2.42. The van der Waals surface area contributed by atoms with Crippen LogP contribution in [0.2, 0.25) is 0 Å². The highest BCUT2D eigenvalue weighted by Gasteiger charge is 1.99. The highest BCUT2D eigenvalue weighted by Crippen LogP contribution is 2.07. The van der Waals surface area contributed by atoms with Gasteiger partial charge in [-0.05, 0) is 18.2 Å². The molecular formula is C8H8N2O. The summed E-state index contributed by atoms with van der Waals surface area (Å²) in [5.74, 6) is 0. The van der Waals surface area contributed by atoms with Crippen LogP contribution < -0.4 is 0 Å². The van der Waals surface area contributed by atoms with Crippen molar-refractivity contribution in [2.75, 3.05) is 0 Å². The van der Waals surface area contributed by atoms with E-state index in [1.54, 1.807) is 10.6 Å². The topological polar surface area (TPSA) is 34.4 Å². The van der Waals surface area contributed by atoms with E-state index in [4.69, 9.17) is 0 Å². The zero-order valence-corrected chi connectivity index (χ0v) is 5.97. The summed E-state index contributed by atoms with van der Waals surface area (Å²) in [5.41, 5.74) is 0. The molecule has 0 aliphatic heterocycles. The summed E-state index contributed by atoms with van der Waals surface area (Å²) in [6.07, 6.45) is 6.37. The molecule has 0 bridgehead atoms. The summed E-state index contributed by atoms with van der Waals surface area (Å²) in [7, 11) is 0. The van der Waals surface area contributed by atoms with Gasteiger partial charge in [0.05, 0.1) is 0 Å². The van der Waals surface area contributed by atoms with Crippen molar-refractivity contribution >= 4 is 6.08 Å². The molecular weight excluding hydrogens is 140 g/mol. The third-order valence-electron chi connectivity index (χ3n) is 1.33. The van der Waals surface area contributed by atoms with Crippen LogP contribution in [-0.4, -0.2) is 10.6 Å². The Bertz CT molecular complexity index is 270. The van der Waals surface area contributed by atoms with Gasteiger partial charge in [0, 0.05) is 12.4 Å². The zero-order valence-electron chi connectivity index (χ0n) is 5.97. The number of nitrogens with zero attached hydrogens (tertiary/aromatic N) is 2. The lowest BCUT2D eigenvalue weighted by Crippen LogP contribution is -1.99. The van der Waals surface area contributed by atoms with Crippen molar-refractivity contribution in [3.63, 3.8) is 0 Å². The zero-order chi connectivity index (χ0) is 8.10. The van der Waals surface area contributed by atoms with Crippen LogP contribution in [0.5, 0.6) is 0 Å². The van der Waals surface area contributed by atoms with Crippen molar-refractivity contribution < 1.29 is 4.79 Å². The first kappa shape index (κ1) is 7.51. The predicted molar refractivity (Wildman–Crippen MR) is 41.8 cm³/mol. The van der Waals surface area contributed by atoms with Gasteiger partial charge in [-0.3, -0.25) is 0 Å². The van der Waals surface area contributed by atoms with Crippen LogP contribution in [0, 0.1) is 0 Å². The first-order valence-electron chi connectivity index (χ1n) is 3.20. The fourth-order valence-electron chi connectivity index (χ4n) is 0.819. The average Bonchev–Trinajstić information content (AvgIpc) is 2.52. The number of hydrogen-bond acceptors (Lipinski definition) is 2. The average molecular weight is 148 g/mol. The number of rotatable bonds is 3. The smallest absolute Gasteiger partial charge is 0.237 e. The Balaban J connectivity index is 2.87. The lowest BCUT2D eigenvalue weighted by atomic mass is 10.5. The number of hydrogen-bond donors (Lipinski definition) is 0. The second-order valence-corrected chi connectivity index (χ2v) is 2.00. The molecule has 0 saturated heterocycles. The normalized spacial score (nSPS) is 11.6. The maximum atomic E-state index is 9.92. The van der Waals surface area contributed by atoms with E-state index in [0.29, 0.717) is 0 Å². The molecule has 1 unspecified atom stereocenters. The molecule has 1 heterocycles. The van der Waals surface area contributed by atoms with Gasteiger partial charge in [-0.15, -0.1) is 0 Å². The minimum absolute atomic E-state index is 0.317. The van der Waals surface area contributed by atoms with Crippen LogP contribution >= 0.6 is 0 Å². The number of aromatic nitrogens is 1. The van der Waals surface area contributed by atoms with Crippen LogP contribution in [0.1, 0.15) is 6.17 Å². The fourth-order valence-corrected chi connectivity index (χ4v) is 0.819. The number of carbonyl (C=O) groups excluding carboxylic acids is 1. The maximum Gasteiger partial charge on any atom is 0.237 e. The van der Waals surface area contributed by atoms with Crippen LogP contribution in [-0.2, 0) is 4.79 Å². The lowest BCUT2D eigenvalue weighted by Gasteiger charge is -2.05. The summed E-state index contributed by atoms with van der Waals surface area (Å²) in [6.45, 7) is 3.54. The van der Waals surface area contributed by atoms with E-state index in [9.17, 15) is 4.79 Å². The molecule has 0 spiro atoms. The van der Waals surface area contributed by atoms with Crippen LogP contribution in [0.4, 0.5) is 0 Å². The first-order valence-corrected chi connectivity index (χ1v) is 3.20. The summed E-state index contributed by atoms with van der Waals surface area (Å²) >= 11 is 0. The molecule has 1 aromatic heterocycles. The summed E-state index contributed by atoms with van der Waals surface area (Å²) in [6, 6.07) is 3.72. The van der Waals surface area contributed by atoms with Crippen molar-refractivity contribution in [3.05, 3.63) is 37.2 Å².